The Morgan fingerprint density at radius 1 is 1.24 bits per heavy atom. The van der Waals surface area contributed by atoms with E-state index in [1.165, 1.54) is 12.1 Å². The molecular formula is C18H21N3O4. The van der Waals surface area contributed by atoms with E-state index in [-0.39, 0.29) is 17.2 Å². The van der Waals surface area contributed by atoms with Crippen LogP contribution in [-0.4, -0.2) is 35.4 Å². The number of rotatable bonds is 6. The number of carbonyl (C=O) groups excluding carboxylic acids is 1. The van der Waals surface area contributed by atoms with Gasteiger partial charge in [0.15, 0.2) is 0 Å². The van der Waals surface area contributed by atoms with Crippen LogP contribution in [0.25, 0.3) is 0 Å². The number of benzene rings is 1. The molecule has 0 saturated carbocycles. The first kappa shape index (κ1) is 17.2. The number of furan rings is 1. The second-order valence-corrected chi connectivity index (χ2v) is 6.28. The van der Waals surface area contributed by atoms with Crippen LogP contribution < -0.4 is 5.32 Å². The lowest BCUT2D eigenvalue weighted by atomic mass is 9.96. The number of nitro benzene ring substituents is 1. The Labute approximate surface area is 145 Å². The minimum absolute atomic E-state index is 0.114. The van der Waals surface area contributed by atoms with Crippen LogP contribution in [0.5, 0.6) is 0 Å². The minimum atomic E-state index is -0.526. The normalized spacial score (nSPS) is 15.8. The molecule has 7 heteroatoms. The Hall–Kier alpha value is -2.67. The smallest absolute Gasteiger partial charge is 0.282 e. The van der Waals surface area contributed by atoms with E-state index in [9.17, 15) is 14.9 Å². The molecule has 1 saturated heterocycles. The lowest BCUT2D eigenvalue weighted by molar-refractivity contribution is -0.385. The number of nitrogens with one attached hydrogen (secondary N) is 1. The molecule has 25 heavy (non-hydrogen) atoms. The van der Waals surface area contributed by atoms with E-state index < -0.39 is 4.92 Å². The molecule has 132 valence electrons. The molecular weight excluding hydrogens is 322 g/mol. The van der Waals surface area contributed by atoms with Crippen molar-refractivity contribution < 1.29 is 14.1 Å². The highest BCUT2D eigenvalue weighted by atomic mass is 16.6. The molecule has 0 radical (unpaired) electrons. The number of amides is 1. The highest BCUT2D eigenvalue weighted by Crippen LogP contribution is 2.20. The molecule has 0 unspecified atom stereocenters. The SMILES string of the molecule is O=C(NCC1CCN(Cc2ccco2)CC1)c1ccccc1[N+](=O)[O-]. The van der Waals surface area contributed by atoms with E-state index in [4.69, 9.17) is 4.42 Å². The number of nitro groups is 1. The van der Waals surface area contributed by atoms with E-state index in [1.807, 2.05) is 12.1 Å². The molecule has 7 nitrogen and oxygen atoms in total. The molecule has 1 fully saturated rings. The Morgan fingerprint density at radius 3 is 2.68 bits per heavy atom. The molecule has 1 aromatic carbocycles. The van der Waals surface area contributed by atoms with E-state index in [0.717, 1.165) is 38.2 Å². The zero-order valence-electron chi connectivity index (χ0n) is 13.9. The lowest BCUT2D eigenvalue weighted by Gasteiger charge is -2.31. The summed E-state index contributed by atoms with van der Waals surface area (Å²) in [6.07, 6.45) is 3.65. The molecule has 1 aliphatic heterocycles. The quantitative estimate of drug-likeness (QED) is 0.643. The molecule has 2 heterocycles. The molecule has 0 atom stereocenters. The van der Waals surface area contributed by atoms with E-state index in [1.54, 1.807) is 18.4 Å². The summed E-state index contributed by atoms with van der Waals surface area (Å²) in [5, 5.41) is 13.9. The molecule has 0 spiro atoms. The van der Waals surface area contributed by atoms with Crippen molar-refractivity contribution in [3.05, 3.63) is 64.1 Å². The molecule has 0 bridgehead atoms. The molecule has 0 aliphatic carbocycles. The second-order valence-electron chi connectivity index (χ2n) is 6.28. The van der Waals surface area contributed by atoms with Crippen LogP contribution in [0.15, 0.2) is 47.1 Å². The third-order valence-electron chi connectivity index (χ3n) is 4.56. The predicted octanol–water partition coefficient (Wildman–Crippen LogP) is 2.83. The summed E-state index contributed by atoms with van der Waals surface area (Å²) in [6, 6.07) is 9.89. The van der Waals surface area contributed by atoms with Gasteiger partial charge in [0.2, 0.25) is 0 Å². The highest BCUT2D eigenvalue weighted by Gasteiger charge is 2.23. The van der Waals surface area contributed by atoms with Crippen molar-refractivity contribution in [2.24, 2.45) is 5.92 Å². The number of piperidine rings is 1. The van der Waals surface area contributed by atoms with Crippen molar-refractivity contribution in [2.75, 3.05) is 19.6 Å². The first-order valence-electron chi connectivity index (χ1n) is 8.40. The van der Waals surface area contributed by atoms with Gasteiger partial charge in [-0.05, 0) is 50.0 Å². The summed E-state index contributed by atoms with van der Waals surface area (Å²) < 4.78 is 5.37. The summed E-state index contributed by atoms with van der Waals surface area (Å²) in [7, 11) is 0. The van der Waals surface area contributed by atoms with Gasteiger partial charge in [-0.1, -0.05) is 12.1 Å². The number of para-hydroxylation sites is 1. The summed E-state index contributed by atoms with van der Waals surface area (Å²) in [4.78, 5) is 25.1. The van der Waals surface area contributed by atoms with Crippen molar-refractivity contribution in [1.82, 2.24) is 10.2 Å². The fourth-order valence-corrected chi connectivity index (χ4v) is 3.13. The molecule has 1 amide bonds. The molecule has 1 aromatic heterocycles. The monoisotopic (exact) mass is 343 g/mol. The topological polar surface area (TPSA) is 88.6 Å². The zero-order valence-corrected chi connectivity index (χ0v) is 13.9. The standard InChI is InChI=1S/C18H21N3O4/c22-18(16-5-1-2-6-17(16)21(23)24)19-12-14-7-9-20(10-8-14)13-15-4-3-11-25-15/h1-6,11,14H,7-10,12-13H2,(H,19,22). The van der Waals surface area contributed by atoms with E-state index in [2.05, 4.69) is 10.2 Å². The number of hydrogen-bond donors (Lipinski definition) is 1. The summed E-state index contributed by atoms with van der Waals surface area (Å²) in [6.45, 7) is 3.25. The van der Waals surface area contributed by atoms with Gasteiger partial charge in [-0.3, -0.25) is 19.8 Å². The maximum atomic E-state index is 12.3. The number of nitrogens with zero attached hydrogens (tertiary/aromatic N) is 2. The van der Waals surface area contributed by atoms with Crippen molar-refractivity contribution in [3.8, 4) is 0 Å². The van der Waals surface area contributed by atoms with Crippen molar-refractivity contribution in [1.29, 1.82) is 0 Å². The van der Waals surface area contributed by atoms with Gasteiger partial charge >= 0.3 is 0 Å². The van der Waals surface area contributed by atoms with Crippen molar-refractivity contribution in [2.45, 2.75) is 19.4 Å². The number of carbonyl (C=O) groups is 1. The number of hydrogen-bond acceptors (Lipinski definition) is 5. The van der Waals surface area contributed by atoms with Gasteiger partial charge in [-0.2, -0.15) is 0 Å². The summed E-state index contributed by atoms with van der Waals surface area (Å²) >= 11 is 0. The van der Waals surface area contributed by atoms with Crippen molar-refractivity contribution >= 4 is 11.6 Å². The maximum absolute atomic E-state index is 12.3. The number of likely N-dealkylation sites (tertiary alicyclic amines) is 1. The van der Waals surface area contributed by atoms with Crippen LogP contribution in [0.1, 0.15) is 29.0 Å². The predicted molar refractivity (Wildman–Crippen MR) is 92.1 cm³/mol. The zero-order chi connectivity index (χ0) is 17.6. The van der Waals surface area contributed by atoms with Crippen LogP contribution in [0, 0.1) is 16.0 Å². The maximum Gasteiger partial charge on any atom is 0.282 e. The van der Waals surface area contributed by atoms with Gasteiger partial charge in [-0.25, -0.2) is 0 Å². The Bertz CT molecular complexity index is 722. The van der Waals surface area contributed by atoms with E-state index >= 15 is 0 Å². The second kappa shape index (κ2) is 7.94. The molecule has 2 aromatic rings. The summed E-state index contributed by atoms with van der Waals surface area (Å²) in [5.74, 6) is 0.966. The van der Waals surface area contributed by atoms with Crippen molar-refractivity contribution in [3.63, 3.8) is 0 Å². The van der Waals surface area contributed by atoms with Gasteiger partial charge in [0.05, 0.1) is 17.7 Å². The average molecular weight is 343 g/mol. The Balaban J connectivity index is 1.47. The van der Waals surface area contributed by atoms with Crippen LogP contribution in [0.4, 0.5) is 5.69 Å². The molecule has 3 rings (SSSR count). The first-order chi connectivity index (χ1) is 12.1. The third kappa shape index (κ3) is 4.45. The van der Waals surface area contributed by atoms with E-state index in [0.29, 0.717) is 12.5 Å². The fourth-order valence-electron chi connectivity index (χ4n) is 3.13. The Kier molecular flexibility index (Phi) is 5.45. The van der Waals surface area contributed by atoms with Gasteiger partial charge in [0.25, 0.3) is 11.6 Å². The first-order valence-corrected chi connectivity index (χ1v) is 8.40. The van der Waals surface area contributed by atoms with Gasteiger partial charge < -0.3 is 9.73 Å². The fraction of sp³-hybridized carbons (Fsp3) is 0.389. The van der Waals surface area contributed by atoms with Crippen LogP contribution >= 0.6 is 0 Å². The molecule has 1 N–H and O–H groups in total. The van der Waals surface area contributed by atoms with Crippen LogP contribution in [-0.2, 0) is 6.54 Å². The largest absolute Gasteiger partial charge is 0.468 e. The average Bonchev–Trinajstić information content (AvgIpc) is 3.14. The summed E-state index contributed by atoms with van der Waals surface area (Å²) in [5.41, 5.74) is -0.0453. The Morgan fingerprint density at radius 2 is 2.00 bits per heavy atom. The van der Waals surface area contributed by atoms with Crippen LogP contribution in [0.2, 0.25) is 0 Å². The third-order valence-corrected chi connectivity index (χ3v) is 4.56. The minimum Gasteiger partial charge on any atom is -0.468 e. The van der Waals surface area contributed by atoms with Gasteiger partial charge in [0, 0.05) is 12.6 Å². The van der Waals surface area contributed by atoms with Crippen LogP contribution in [0.3, 0.4) is 0 Å². The highest BCUT2D eigenvalue weighted by molar-refractivity contribution is 5.98. The lowest BCUT2D eigenvalue weighted by Crippen LogP contribution is -2.38. The molecule has 1 aliphatic rings. The van der Waals surface area contributed by atoms with Gasteiger partial charge in [0.1, 0.15) is 11.3 Å². The van der Waals surface area contributed by atoms with Gasteiger partial charge in [-0.15, -0.1) is 0 Å².